The van der Waals surface area contributed by atoms with Gasteiger partial charge in [0.15, 0.2) is 0 Å². The maximum atomic E-state index is 12.4. The molecule has 0 spiro atoms. The first kappa shape index (κ1) is 17.4. The van der Waals surface area contributed by atoms with Crippen molar-refractivity contribution in [3.8, 4) is 0 Å². The molecule has 1 heterocycles. The quantitative estimate of drug-likeness (QED) is 0.778. The van der Waals surface area contributed by atoms with Gasteiger partial charge < -0.3 is 10.6 Å². The van der Waals surface area contributed by atoms with E-state index in [0.29, 0.717) is 30.3 Å². The van der Waals surface area contributed by atoms with E-state index < -0.39 is 0 Å². The largest absolute Gasteiger partial charge is 0.340 e. The minimum atomic E-state index is 0.329. The van der Waals surface area contributed by atoms with E-state index in [1.807, 2.05) is 0 Å². The first-order valence-electron chi connectivity index (χ1n) is 8.19. The third-order valence-electron chi connectivity index (χ3n) is 4.75. The number of hydrogen-bond donors (Lipinski definition) is 1. The zero-order valence-corrected chi connectivity index (χ0v) is 13.8. The Morgan fingerprint density at radius 1 is 1.20 bits per heavy atom. The summed E-state index contributed by atoms with van der Waals surface area (Å²) in [5.41, 5.74) is 5.66. The minimum Gasteiger partial charge on any atom is -0.340 e. The number of carbonyl (C=O) groups excluding carboxylic acids is 1. The van der Waals surface area contributed by atoms with Crippen LogP contribution >= 0.6 is 0 Å². The summed E-state index contributed by atoms with van der Waals surface area (Å²) >= 11 is 0. The molecule has 118 valence electrons. The smallest absolute Gasteiger partial charge is 0.222 e. The molecule has 3 unspecified atom stereocenters. The number of likely N-dealkylation sites (N-methyl/N-ethyl adjacent to an activating group) is 1. The molecule has 1 fully saturated rings. The SMILES string of the molecule is CCCC(CCN)CCC(=O)N1CC(C)N(C)C(C)C1. The summed E-state index contributed by atoms with van der Waals surface area (Å²) in [6.07, 6.45) is 5.12. The van der Waals surface area contributed by atoms with Crippen molar-refractivity contribution in [1.82, 2.24) is 9.80 Å². The number of rotatable bonds is 7. The molecule has 4 heteroatoms. The maximum Gasteiger partial charge on any atom is 0.222 e. The number of carbonyl (C=O) groups is 1. The van der Waals surface area contributed by atoms with E-state index in [1.165, 1.54) is 12.8 Å². The average molecular weight is 283 g/mol. The zero-order valence-electron chi connectivity index (χ0n) is 13.8. The third kappa shape index (κ3) is 5.06. The molecule has 1 amide bonds. The predicted octanol–water partition coefficient (Wildman–Crippen LogP) is 2.08. The normalized spacial score (nSPS) is 25.8. The molecule has 0 radical (unpaired) electrons. The van der Waals surface area contributed by atoms with Crippen molar-refractivity contribution in [2.24, 2.45) is 11.7 Å². The van der Waals surface area contributed by atoms with Crippen LogP contribution in [0.1, 0.15) is 52.9 Å². The Morgan fingerprint density at radius 2 is 1.80 bits per heavy atom. The molecule has 0 aromatic carbocycles. The van der Waals surface area contributed by atoms with E-state index in [0.717, 1.165) is 32.5 Å². The Balaban J connectivity index is 2.42. The number of piperazine rings is 1. The van der Waals surface area contributed by atoms with Gasteiger partial charge in [-0.25, -0.2) is 0 Å². The van der Waals surface area contributed by atoms with E-state index in [-0.39, 0.29) is 0 Å². The summed E-state index contributed by atoms with van der Waals surface area (Å²) in [7, 11) is 2.15. The third-order valence-corrected chi connectivity index (χ3v) is 4.75. The molecule has 0 aromatic rings. The summed E-state index contributed by atoms with van der Waals surface area (Å²) in [5.74, 6) is 0.950. The van der Waals surface area contributed by atoms with Gasteiger partial charge in [0.1, 0.15) is 0 Å². The molecule has 3 atom stereocenters. The molecule has 1 aliphatic rings. The van der Waals surface area contributed by atoms with E-state index in [1.54, 1.807) is 0 Å². The van der Waals surface area contributed by atoms with Crippen molar-refractivity contribution < 1.29 is 4.79 Å². The highest BCUT2D eigenvalue weighted by atomic mass is 16.2. The summed E-state index contributed by atoms with van der Waals surface area (Å²) in [5, 5.41) is 0. The van der Waals surface area contributed by atoms with Crippen molar-refractivity contribution in [3.63, 3.8) is 0 Å². The number of amides is 1. The number of hydrogen-bond acceptors (Lipinski definition) is 3. The molecule has 0 bridgehead atoms. The molecular weight excluding hydrogens is 250 g/mol. The monoisotopic (exact) mass is 283 g/mol. The van der Waals surface area contributed by atoms with Gasteiger partial charge in [0.25, 0.3) is 0 Å². The van der Waals surface area contributed by atoms with Gasteiger partial charge in [-0.1, -0.05) is 19.8 Å². The summed E-state index contributed by atoms with van der Waals surface area (Å²) in [4.78, 5) is 16.8. The first-order chi connectivity index (χ1) is 9.49. The first-order valence-corrected chi connectivity index (χ1v) is 8.19. The van der Waals surface area contributed by atoms with Crippen molar-refractivity contribution in [1.29, 1.82) is 0 Å². The second-order valence-corrected chi connectivity index (χ2v) is 6.43. The number of nitrogens with zero attached hydrogens (tertiary/aromatic N) is 2. The van der Waals surface area contributed by atoms with Crippen LogP contribution in [0.25, 0.3) is 0 Å². The molecular formula is C16H33N3O. The molecule has 4 nitrogen and oxygen atoms in total. The number of nitrogens with two attached hydrogens (primary N) is 1. The minimum absolute atomic E-state index is 0.329. The van der Waals surface area contributed by atoms with Crippen LogP contribution in [0, 0.1) is 5.92 Å². The van der Waals surface area contributed by atoms with Gasteiger partial charge in [0.2, 0.25) is 5.91 Å². The summed E-state index contributed by atoms with van der Waals surface area (Å²) < 4.78 is 0. The lowest BCUT2D eigenvalue weighted by atomic mass is 9.94. The molecule has 1 aliphatic heterocycles. The lowest BCUT2D eigenvalue weighted by Crippen LogP contribution is -2.56. The van der Waals surface area contributed by atoms with Gasteiger partial charge in [-0.3, -0.25) is 9.69 Å². The van der Waals surface area contributed by atoms with Gasteiger partial charge in [-0.2, -0.15) is 0 Å². The lowest BCUT2D eigenvalue weighted by molar-refractivity contribution is -0.135. The molecule has 1 saturated heterocycles. The van der Waals surface area contributed by atoms with Gasteiger partial charge in [-0.15, -0.1) is 0 Å². The van der Waals surface area contributed by atoms with Crippen molar-refractivity contribution in [3.05, 3.63) is 0 Å². The van der Waals surface area contributed by atoms with Crippen LogP contribution in [0.5, 0.6) is 0 Å². The van der Waals surface area contributed by atoms with Crippen LogP contribution < -0.4 is 5.73 Å². The molecule has 20 heavy (non-hydrogen) atoms. The van der Waals surface area contributed by atoms with Crippen molar-refractivity contribution in [2.75, 3.05) is 26.7 Å². The van der Waals surface area contributed by atoms with Crippen LogP contribution in [-0.4, -0.2) is 54.5 Å². The average Bonchev–Trinajstić information content (AvgIpc) is 2.41. The molecule has 1 rings (SSSR count). The molecule has 0 saturated carbocycles. The van der Waals surface area contributed by atoms with Crippen molar-refractivity contribution in [2.45, 2.75) is 65.0 Å². The van der Waals surface area contributed by atoms with Crippen LogP contribution in [-0.2, 0) is 4.79 Å². The second kappa shape index (κ2) is 8.63. The Kier molecular flexibility index (Phi) is 7.52. The van der Waals surface area contributed by atoms with Crippen LogP contribution in [0.15, 0.2) is 0 Å². The highest BCUT2D eigenvalue weighted by Crippen LogP contribution is 2.19. The fourth-order valence-electron chi connectivity index (χ4n) is 3.17. The fourth-order valence-corrected chi connectivity index (χ4v) is 3.17. The lowest BCUT2D eigenvalue weighted by Gasteiger charge is -2.42. The summed E-state index contributed by atoms with van der Waals surface area (Å²) in [6.45, 7) is 9.08. The predicted molar refractivity (Wildman–Crippen MR) is 84.6 cm³/mol. The highest BCUT2D eigenvalue weighted by molar-refractivity contribution is 5.76. The Morgan fingerprint density at radius 3 is 2.30 bits per heavy atom. The standard InChI is InChI=1S/C16H33N3O/c1-5-6-15(9-10-17)7-8-16(20)19-11-13(2)18(4)14(3)12-19/h13-15H,5-12,17H2,1-4H3. The van der Waals surface area contributed by atoms with Gasteiger partial charge in [0, 0.05) is 31.6 Å². The molecule has 0 aromatic heterocycles. The van der Waals surface area contributed by atoms with Gasteiger partial charge >= 0.3 is 0 Å². The van der Waals surface area contributed by atoms with E-state index in [2.05, 4.69) is 37.6 Å². The van der Waals surface area contributed by atoms with Gasteiger partial charge in [0.05, 0.1) is 0 Å². The van der Waals surface area contributed by atoms with Crippen LogP contribution in [0.2, 0.25) is 0 Å². The Hall–Kier alpha value is -0.610. The maximum absolute atomic E-state index is 12.4. The fraction of sp³-hybridized carbons (Fsp3) is 0.938. The van der Waals surface area contributed by atoms with Crippen molar-refractivity contribution >= 4 is 5.91 Å². The zero-order chi connectivity index (χ0) is 15.1. The van der Waals surface area contributed by atoms with E-state index in [4.69, 9.17) is 5.73 Å². The molecule has 0 aliphatic carbocycles. The highest BCUT2D eigenvalue weighted by Gasteiger charge is 2.29. The summed E-state index contributed by atoms with van der Waals surface area (Å²) in [6, 6.07) is 0.913. The van der Waals surface area contributed by atoms with E-state index >= 15 is 0 Å². The molecule has 2 N–H and O–H groups in total. The van der Waals surface area contributed by atoms with E-state index in [9.17, 15) is 4.79 Å². The topological polar surface area (TPSA) is 49.6 Å². The second-order valence-electron chi connectivity index (χ2n) is 6.43. The Bertz CT molecular complexity index is 277. The van der Waals surface area contributed by atoms with Gasteiger partial charge in [-0.05, 0) is 46.2 Å². The van der Waals surface area contributed by atoms with Crippen LogP contribution in [0.3, 0.4) is 0 Å². The Labute approximate surface area is 124 Å². The van der Waals surface area contributed by atoms with Crippen LogP contribution in [0.4, 0.5) is 0 Å².